The monoisotopic (exact) mass is 236 g/mol. The molecule has 1 saturated heterocycles. The molecule has 0 radical (unpaired) electrons. The topological polar surface area (TPSA) is 62.7 Å². The molecular weight excluding hydrogens is 220 g/mol. The molecular formula is C12H16N2O3. The molecule has 0 bridgehead atoms. The van der Waals surface area contributed by atoms with E-state index in [-0.39, 0.29) is 5.56 Å². The van der Waals surface area contributed by atoms with E-state index in [4.69, 9.17) is 9.84 Å². The molecule has 1 aliphatic rings. The Morgan fingerprint density at radius 3 is 3.00 bits per heavy atom. The van der Waals surface area contributed by atoms with E-state index in [9.17, 15) is 4.79 Å². The lowest BCUT2D eigenvalue weighted by Crippen LogP contribution is -2.26. The molecule has 0 aromatic carbocycles. The average molecular weight is 236 g/mol. The normalized spacial score (nSPS) is 17.6. The van der Waals surface area contributed by atoms with E-state index in [2.05, 4.69) is 9.88 Å². The molecule has 17 heavy (non-hydrogen) atoms. The first-order chi connectivity index (χ1) is 8.25. The number of hydrogen-bond acceptors (Lipinski definition) is 4. The van der Waals surface area contributed by atoms with Gasteiger partial charge in [0, 0.05) is 32.4 Å². The molecule has 5 heteroatoms. The van der Waals surface area contributed by atoms with Crippen molar-refractivity contribution in [3.05, 3.63) is 29.6 Å². The molecule has 0 unspecified atom stereocenters. The van der Waals surface area contributed by atoms with Crippen LogP contribution in [-0.2, 0) is 11.3 Å². The van der Waals surface area contributed by atoms with Crippen LogP contribution in [0, 0.1) is 0 Å². The van der Waals surface area contributed by atoms with Crippen molar-refractivity contribution in [1.29, 1.82) is 0 Å². The number of hydrogen-bond donors (Lipinski definition) is 1. The second-order valence-corrected chi connectivity index (χ2v) is 4.09. The van der Waals surface area contributed by atoms with Gasteiger partial charge in [0.2, 0.25) is 0 Å². The van der Waals surface area contributed by atoms with Crippen LogP contribution in [0.5, 0.6) is 0 Å². The summed E-state index contributed by atoms with van der Waals surface area (Å²) in [6, 6.07) is 3.37. The van der Waals surface area contributed by atoms with Crippen LogP contribution in [0.1, 0.15) is 22.5 Å². The average Bonchev–Trinajstić information content (AvgIpc) is 2.58. The second kappa shape index (κ2) is 5.75. The number of rotatable bonds is 3. The predicted molar refractivity (Wildman–Crippen MR) is 61.9 cm³/mol. The van der Waals surface area contributed by atoms with Crippen molar-refractivity contribution in [2.75, 3.05) is 26.3 Å². The Labute approximate surface area is 100 Å². The highest BCUT2D eigenvalue weighted by Gasteiger charge is 2.10. The molecule has 1 aliphatic heterocycles. The molecule has 2 rings (SSSR count). The maximum atomic E-state index is 10.7. The number of ether oxygens (including phenoxy) is 1. The zero-order chi connectivity index (χ0) is 12.1. The van der Waals surface area contributed by atoms with Crippen molar-refractivity contribution < 1.29 is 14.6 Å². The molecule has 0 atom stereocenters. The fraction of sp³-hybridized carbons (Fsp3) is 0.500. The first-order valence-corrected chi connectivity index (χ1v) is 5.74. The lowest BCUT2D eigenvalue weighted by molar-refractivity contribution is 0.0696. The summed E-state index contributed by atoms with van der Waals surface area (Å²) in [4.78, 5) is 17.1. The van der Waals surface area contributed by atoms with Gasteiger partial charge in [0.1, 0.15) is 0 Å². The van der Waals surface area contributed by atoms with Crippen molar-refractivity contribution >= 4 is 5.97 Å². The van der Waals surface area contributed by atoms with Crippen LogP contribution in [0.15, 0.2) is 18.3 Å². The molecule has 0 spiro atoms. The van der Waals surface area contributed by atoms with Crippen LogP contribution in [0.4, 0.5) is 0 Å². The first-order valence-electron chi connectivity index (χ1n) is 5.74. The zero-order valence-electron chi connectivity index (χ0n) is 9.63. The Hall–Kier alpha value is -1.46. The standard InChI is InChI=1S/C12H16N2O3/c15-12(16)10-2-3-11(13-8-10)9-14-4-1-6-17-7-5-14/h2-3,8H,1,4-7,9H2,(H,15,16). The number of pyridine rings is 1. The van der Waals surface area contributed by atoms with E-state index >= 15 is 0 Å². The lowest BCUT2D eigenvalue weighted by Gasteiger charge is -2.18. The largest absolute Gasteiger partial charge is 0.478 e. The summed E-state index contributed by atoms with van der Waals surface area (Å²) in [7, 11) is 0. The quantitative estimate of drug-likeness (QED) is 0.848. The molecule has 1 N–H and O–H groups in total. The highest BCUT2D eigenvalue weighted by Crippen LogP contribution is 2.06. The highest BCUT2D eigenvalue weighted by molar-refractivity contribution is 5.87. The lowest BCUT2D eigenvalue weighted by atomic mass is 10.2. The van der Waals surface area contributed by atoms with Gasteiger partial charge in [-0.25, -0.2) is 4.79 Å². The molecule has 0 saturated carbocycles. The van der Waals surface area contributed by atoms with Crippen molar-refractivity contribution in [3.63, 3.8) is 0 Å². The summed E-state index contributed by atoms with van der Waals surface area (Å²) in [5, 5.41) is 8.77. The smallest absolute Gasteiger partial charge is 0.337 e. The maximum absolute atomic E-state index is 10.7. The Kier molecular flexibility index (Phi) is 4.06. The van der Waals surface area contributed by atoms with E-state index in [1.54, 1.807) is 12.1 Å². The zero-order valence-corrected chi connectivity index (χ0v) is 9.63. The summed E-state index contributed by atoms with van der Waals surface area (Å²) < 4.78 is 5.37. The van der Waals surface area contributed by atoms with Gasteiger partial charge in [-0.1, -0.05) is 0 Å². The summed E-state index contributed by atoms with van der Waals surface area (Å²) in [6.45, 7) is 4.24. The Morgan fingerprint density at radius 1 is 1.41 bits per heavy atom. The number of nitrogens with zero attached hydrogens (tertiary/aromatic N) is 2. The number of carboxylic acids is 1. The Balaban J connectivity index is 1.95. The summed E-state index contributed by atoms with van der Waals surface area (Å²) in [5.41, 5.74) is 1.13. The van der Waals surface area contributed by atoms with Gasteiger partial charge in [-0.15, -0.1) is 0 Å². The summed E-state index contributed by atoms with van der Waals surface area (Å²) >= 11 is 0. The molecule has 92 valence electrons. The fourth-order valence-electron chi connectivity index (χ4n) is 1.83. The van der Waals surface area contributed by atoms with E-state index in [1.165, 1.54) is 6.20 Å². The van der Waals surface area contributed by atoms with Gasteiger partial charge < -0.3 is 9.84 Å². The number of carbonyl (C=O) groups is 1. The van der Waals surface area contributed by atoms with Gasteiger partial charge in [-0.3, -0.25) is 9.88 Å². The highest BCUT2D eigenvalue weighted by atomic mass is 16.5. The minimum Gasteiger partial charge on any atom is -0.478 e. The van der Waals surface area contributed by atoms with Crippen molar-refractivity contribution in [2.24, 2.45) is 0 Å². The third-order valence-corrected chi connectivity index (χ3v) is 2.77. The SMILES string of the molecule is O=C(O)c1ccc(CN2CCCOCC2)nc1. The van der Waals surface area contributed by atoms with Gasteiger partial charge in [-0.05, 0) is 18.6 Å². The Bertz CT molecular complexity index is 370. The minimum atomic E-state index is -0.938. The van der Waals surface area contributed by atoms with Gasteiger partial charge in [0.25, 0.3) is 0 Å². The van der Waals surface area contributed by atoms with E-state index in [0.717, 1.165) is 45.0 Å². The molecule has 1 fully saturated rings. The van der Waals surface area contributed by atoms with Crippen LogP contribution in [-0.4, -0.2) is 47.3 Å². The molecule has 2 heterocycles. The van der Waals surface area contributed by atoms with Crippen LogP contribution < -0.4 is 0 Å². The van der Waals surface area contributed by atoms with Crippen LogP contribution in [0.25, 0.3) is 0 Å². The predicted octanol–water partition coefficient (Wildman–Crippen LogP) is 1.00. The van der Waals surface area contributed by atoms with Crippen molar-refractivity contribution in [2.45, 2.75) is 13.0 Å². The fourth-order valence-corrected chi connectivity index (χ4v) is 1.83. The number of carboxylic acid groups (broad SMARTS) is 1. The van der Waals surface area contributed by atoms with Crippen LogP contribution in [0.2, 0.25) is 0 Å². The summed E-state index contributed by atoms with van der Waals surface area (Å²) in [6.07, 6.45) is 2.44. The van der Waals surface area contributed by atoms with Gasteiger partial charge in [0.15, 0.2) is 0 Å². The third kappa shape index (κ3) is 3.51. The van der Waals surface area contributed by atoms with Gasteiger partial charge in [0.05, 0.1) is 17.9 Å². The van der Waals surface area contributed by atoms with E-state index in [1.807, 2.05) is 0 Å². The van der Waals surface area contributed by atoms with Crippen molar-refractivity contribution in [1.82, 2.24) is 9.88 Å². The molecule has 1 aromatic heterocycles. The number of aromatic carboxylic acids is 1. The van der Waals surface area contributed by atoms with Gasteiger partial charge >= 0.3 is 5.97 Å². The van der Waals surface area contributed by atoms with E-state index in [0.29, 0.717) is 0 Å². The van der Waals surface area contributed by atoms with Crippen LogP contribution >= 0.6 is 0 Å². The van der Waals surface area contributed by atoms with Crippen molar-refractivity contribution in [3.8, 4) is 0 Å². The Morgan fingerprint density at radius 2 is 2.29 bits per heavy atom. The number of aromatic nitrogens is 1. The maximum Gasteiger partial charge on any atom is 0.337 e. The third-order valence-electron chi connectivity index (χ3n) is 2.77. The van der Waals surface area contributed by atoms with Gasteiger partial charge in [-0.2, -0.15) is 0 Å². The second-order valence-electron chi connectivity index (χ2n) is 4.09. The van der Waals surface area contributed by atoms with Crippen LogP contribution in [0.3, 0.4) is 0 Å². The molecule has 0 aliphatic carbocycles. The first kappa shape index (κ1) is 12.0. The van der Waals surface area contributed by atoms with E-state index < -0.39 is 5.97 Å². The summed E-state index contributed by atoms with van der Waals surface area (Å²) in [5.74, 6) is -0.938. The molecule has 5 nitrogen and oxygen atoms in total. The minimum absolute atomic E-state index is 0.230. The molecule has 1 aromatic rings. The molecule has 0 amide bonds.